The third kappa shape index (κ3) is 3.44. The predicted molar refractivity (Wildman–Crippen MR) is 87.8 cm³/mol. The lowest BCUT2D eigenvalue weighted by molar-refractivity contribution is -0.297. The molecule has 0 bridgehead atoms. The molecule has 114 valence electrons. The van der Waals surface area contributed by atoms with E-state index in [2.05, 4.69) is 10.3 Å². The summed E-state index contributed by atoms with van der Waals surface area (Å²) >= 11 is 1.28. The molecule has 5 nitrogen and oxygen atoms in total. The summed E-state index contributed by atoms with van der Waals surface area (Å²) in [6.07, 6.45) is 1.57. The third-order valence-electron chi connectivity index (χ3n) is 3.17. The van der Waals surface area contributed by atoms with E-state index in [1.54, 1.807) is 0 Å². The number of nitrogens with one attached hydrogen (secondary N) is 1. The van der Waals surface area contributed by atoms with Crippen LogP contribution < -0.4 is 10.4 Å². The first kappa shape index (κ1) is 14.9. The molecular weight excluding hydrogens is 312 g/mol. The molecule has 0 spiro atoms. The van der Waals surface area contributed by atoms with E-state index in [9.17, 15) is 14.7 Å². The van der Waals surface area contributed by atoms with E-state index in [0.29, 0.717) is 11.2 Å². The Kier molecular flexibility index (Phi) is 4.16. The van der Waals surface area contributed by atoms with Gasteiger partial charge in [-0.1, -0.05) is 42.5 Å². The second-order valence-corrected chi connectivity index (χ2v) is 5.56. The monoisotopic (exact) mass is 323 g/mol. The minimum absolute atomic E-state index is 0.404. The molecule has 1 heterocycles. The number of carbonyl (C=O) groups is 2. The van der Waals surface area contributed by atoms with Gasteiger partial charge in [-0.25, -0.2) is 4.98 Å². The SMILES string of the molecule is O=C([O-])C=CC(=O)Nc1nc(-c2cccc3ccccc23)cs1. The number of carbonyl (C=O) groups excluding carboxylic acids is 2. The van der Waals surface area contributed by atoms with Crippen LogP contribution >= 0.6 is 11.3 Å². The Morgan fingerprint density at radius 2 is 1.87 bits per heavy atom. The van der Waals surface area contributed by atoms with Crippen LogP contribution in [0, 0.1) is 0 Å². The molecule has 1 N–H and O–H groups in total. The van der Waals surface area contributed by atoms with Crippen molar-refractivity contribution < 1.29 is 14.7 Å². The molecule has 0 saturated heterocycles. The summed E-state index contributed by atoms with van der Waals surface area (Å²) in [4.78, 5) is 26.2. The van der Waals surface area contributed by atoms with Gasteiger partial charge in [-0.05, 0) is 16.8 Å². The maximum Gasteiger partial charge on any atom is 0.250 e. The Hall–Kier alpha value is -2.99. The largest absolute Gasteiger partial charge is 0.545 e. The van der Waals surface area contributed by atoms with Crippen LogP contribution in [0.25, 0.3) is 22.0 Å². The minimum atomic E-state index is -1.42. The van der Waals surface area contributed by atoms with Gasteiger partial charge in [-0.3, -0.25) is 10.1 Å². The Labute approximate surface area is 135 Å². The standard InChI is InChI=1S/C17H12N2O3S/c20-15(8-9-16(21)22)19-17-18-14(10-23-17)13-7-3-5-11-4-1-2-6-12(11)13/h1-10H,(H,21,22)(H,18,19,20)/p-1. The molecule has 0 fully saturated rings. The minimum Gasteiger partial charge on any atom is -0.545 e. The normalized spacial score (nSPS) is 11.0. The van der Waals surface area contributed by atoms with Gasteiger partial charge in [0.05, 0.1) is 11.7 Å². The first-order valence-electron chi connectivity index (χ1n) is 6.77. The number of hydrogen-bond acceptors (Lipinski definition) is 5. The number of carboxylic acids is 1. The summed E-state index contributed by atoms with van der Waals surface area (Å²) in [5, 5.41) is 17.2. The lowest BCUT2D eigenvalue weighted by Gasteiger charge is -2.03. The average Bonchev–Trinajstić information content (AvgIpc) is 3.00. The van der Waals surface area contributed by atoms with Crippen LogP contribution in [-0.2, 0) is 9.59 Å². The van der Waals surface area contributed by atoms with E-state index in [0.717, 1.165) is 28.1 Å². The van der Waals surface area contributed by atoms with E-state index in [1.165, 1.54) is 11.3 Å². The summed E-state index contributed by atoms with van der Waals surface area (Å²) in [5.74, 6) is -1.98. The topological polar surface area (TPSA) is 82.1 Å². The van der Waals surface area contributed by atoms with E-state index in [4.69, 9.17) is 0 Å². The van der Waals surface area contributed by atoms with Gasteiger partial charge in [-0.2, -0.15) is 0 Å². The summed E-state index contributed by atoms with van der Waals surface area (Å²) in [5.41, 5.74) is 1.73. The van der Waals surface area contributed by atoms with Gasteiger partial charge in [0, 0.05) is 17.0 Å². The number of benzene rings is 2. The molecule has 3 aromatic rings. The van der Waals surface area contributed by atoms with Crippen molar-refractivity contribution in [2.45, 2.75) is 0 Å². The molecule has 0 aliphatic heterocycles. The van der Waals surface area contributed by atoms with E-state index >= 15 is 0 Å². The Balaban J connectivity index is 1.87. The Bertz CT molecular complexity index is 910. The second kappa shape index (κ2) is 6.41. The van der Waals surface area contributed by atoms with Crippen molar-refractivity contribution in [3.05, 3.63) is 60.0 Å². The molecule has 0 atom stereocenters. The number of nitrogens with zero attached hydrogens (tertiary/aromatic N) is 1. The summed E-state index contributed by atoms with van der Waals surface area (Å²) in [6, 6.07) is 13.9. The van der Waals surface area contributed by atoms with E-state index in [-0.39, 0.29) is 0 Å². The molecule has 1 amide bonds. The van der Waals surface area contributed by atoms with Gasteiger partial charge in [-0.15, -0.1) is 11.3 Å². The molecule has 6 heteroatoms. The maximum atomic E-state index is 11.6. The molecule has 0 radical (unpaired) electrons. The second-order valence-electron chi connectivity index (χ2n) is 4.71. The third-order valence-corrected chi connectivity index (χ3v) is 3.93. The van der Waals surface area contributed by atoms with Gasteiger partial charge in [0.1, 0.15) is 0 Å². The highest BCUT2D eigenvalue weighted by atomic mass is 32.1. The number of aliphatic carboxylic acids is 1. The first-order valence-corrected chi connectivity index (χ1v) is 7.65. The molecule has 23 heavy (non-hydrogen) atoms. The molecule has 0 aliphatic carbocycles. The smallest absolute Gasteiger partial charge is 0.250 e. The number of anilines is 1. The van der Waals surface area contributed by atoms with Crippen molar-refractivity contribution in [1.29, 1.82) is 0 Å². The fraction of sp³-hybridized carbons (Fsp3) is 0. The van der Waals surface area contributed by atoms with E-state index in [1.807, 2.05) is 47.8 Å². The van der Waals surface area contributed by atoms with Crippen LogP contribution in [0.1, 0.15) is 0 Å². The average molecular weight is 323 g/mol. The number of aromatic nitrogens is 1. The fourth-order valence-electron chi connectivity index (χ4n) is 2.19. The molecule has 0 unspecified atom stereocenters. The van der Waals surface area contributed by atoms with Crippen molar-refractivity contribution in [1.82, 2.24) is 4.98 Å². The highest BCUT2D eigenvalue weighted by Gasteiger charge is 2.09. The molecule has 0 saturated carbocycles. The Morgan fingerprint density at radius 1 is 1.09 bits per heavy atom. The van der Waals surface area contributed by atoms with Crippen LogP contribution in [0.3, 0.4) is 0 Å². The van der Waals surface area contributed by atoms with Gasteiger partial charge in [0.2, 0.25) is 5.91 Å². The maximum absolute atomic E-state index is 11.6. The van der Waals surface area contributed by atoms with Crippen molar-refractivity contribution in [2.75, 3.05) is 5.32 Å². The van der Waals surface area contributed by atoms with Crippen LogP contribution in [0.4, 0.5) is 5.13 Å². The van der Waals surface area contributed by atoms with Gasteiger partial charge < -0.3 is 9.90 Å². The van der Waals surface area contributed by atoms with Crippen LogP contribution in [0.2, 0.25) is 0 Å². The molecular formula is C17H11N2O3S-. The van der Waals surface area contributed by atoms with Gasteiger partial charge in [0.15, 0.2) is 5.13 Å². The molecule has 1 aromatic heterocycles. The van der Waals surface area contributed by atoms with E-state index < -0.39 is 11.9 Å². The number of hydrogen-bond donors (Lipinski definition) is 1. The van der Waals surface area contributed by atoms with Crippen LogP contribution in [0.15, 0.2) is 60.0 Å². The number of carboxylic acid groups (broad SMARTS) is 1. The lowest BCUT2D eigenvalue weighted by atomic mass is 10.0. The van der Waals surface area contributed by atoms with Crippen molar-refractivity contribution >= 4 is 39.1 Å². The summed E-state index contributed by atoms with van der Waals surface area (Å²) in [6.45, 7) is 0. The van der Waals surface area contributed by atoms with Crippen LogP contribution in [0.5, 0.6) is 0 Å². The predicted octanol–water partition coefficient (Wildman–Crippen LogP) is 2.21. The highest BCUT2D eigenvalue weighted by Crippen LogP contribution is 2.30. The quantitative estimate of drug-likeness (QED) is 0.746. The molecule has 3 rings (SSSR count). The highest BCUT2D eigenvalue weighted by molar-refractivity contribution is 7.14. The van der Waals surface area contributed by atoms with Crippen molar-refractivity contribution in [3.63, 3.8) is 0 Å². The fourth-order valence-corrected chi connectivity index (χ4v) is 2.91. The summed E-state index contributed by atoms with van der Waals surface area (Å²) in [7, 11) is 0. The zero-order chi connectivity index (χ0) is 16.2. The first-order chi connectivity index (χ1) is 11.1. The number of fused-ring (bicyclic) bond motifs is 1. The Morgan fingerprint density at radius 3 is 2.70 bits per heavy atom. The molecule has 2 aromatic carbocycles. The van der Waals surface area contributed by atoms with Gasteiger partial charge >= 0.3 is 0 Å². The zero-order valence-corrected chi connectivity index (χ0v) is 12.7. The number of thiazole rings is 1. The molecule has 0 aliphatic rings. The lowest BCUT2D eigenvalue weighted by Crippen LogP contribution is -2.20. The van der Waals surface area contributed by atoms with Crippen LogP contribution in [-0.4, -0.2) is 16.9 Å². The van der Waals surface area contributed by atoms with Crippen molar-refractivity contribution in [3.8, 4) is 11.3 Å². The number of amides is 1. The summed E-state index contributed by atoms with van der Waals surface area (Å²) < 4.78 is 0. The van der Waals surface area contributed by atoms with Gasteiger partial charge in [0.25, 0.3) is 0 Å². The zero-order valence-electron chi connectivity index (χ0n) is 11.9. The van der Waals surface area contributed by atoms with Crippen molar-refractivity contribution in [2.24, 2.45) is 0 Å². The number of rotatable bonds is 4.